The van der Waals surface area contributed by atoms with Gasteiger partial charge < -0.3 is 9.88 Å². The van der Waals surface area contributed by atoms with E-state index in [9.17, 15) is 4.79 Å². The minimum Gasteiger partial charge on any atom is -0.347 e. The number of fused-ring (bicyclic) bond motifs is 4. The normalized spacial score (nSPS) is 29.6. The zero-order valence-corrected chi connectivity index (χ0v) is 16.6. The van der Waals surface area contributed by atoms with Crippen LogP contribution in [0.15, 0.2) is 30.3 Å². The van der Waals surface area contributed by atoms with Gasteiger partial charge in [-0.25, -0.2) is 0 Å². The first kappa shape index (κ1) is 17.9. The van der Waals surface area contributed by atoms with Crippen molar-refractivity contribution in [3.8, 4) is 0 Å². The first-order valence-electron chi connectivity index (χ1n) is 11.0. The molecule has 2 bridgehead atoms. The lowest BCUT2D eigenvalue weighted by molar-refractivity contribution is 0.0563. The van der Waals surface area contributed by atoms with Crippen LogP contribution in [0.3, 0.4) is 0 Å². The molecule has 148 valence electrons. The molecule has 0 radical (unpaired) electrons. The van der Waals surface area contributed by atoms with Gasteiger partial charge >= 0.3 is 0 Å². The molecule has 1 amide bonds. The van der Waals surface area contributed by atoms with Gasteiger partial charge in [-0.1, -0.05) is 31.0 Å². The summed E-state index contributed by atoms with van der Waals surface area (Å²) < 4.78 is 2.46. The summed E-state index contributed by atoms with van der Waals surface area (Å²) in [4.78, 5) is 12.7. The second-order valence-electron chi connectivity index (χ2n) is 9.14. The summed E-state index contributed by atoms with van der Waals surface area (Å²) in [5.41, 5.74) is 0.899. The van der Waals surface area contributed by atoms with Gasteiger partial charge in [-0.05, 0) is 63.5 Å². The van der Waals surface area contributed by atoms with Crippen LogP contribution in [0.25, 0.3) is 0 Å². The standard InChI is InChI=1S/C23H30N4O/c28-20(18-8-4-3-5-9-18)24-23-14-11-22(12-15-23,13-16-23)21-26-25-19-10-6-1-2-7-17-27(19)21/h3-5,8-9H,1-2,6-7,10-17H2,(H,24,28). The number of aryl methyl sites for hydroxylation is 1. The highest BCUT2D eigenvalue weighted by Crippen LogP contribution is 2.53. The maximum absolute atomic E-state index is 12.7. The Morgan fingerprint density at radius 3 is 2.36 bits per heavy atom. The summed E-state index contributed by atoms with van der Waals surface area (Å²) in [5.74, 6) is 2.51. The molecule has 0 spiro atoms. The van der Waals surface area contributed by atoms with Gasteiger partial charge in [-0.3, -0.25) is 4.79 Å². The highest BCUT2D eigenvalue weighted by atomic mass is 16.1. The molecule has 5 heteroatoms. The third-order valence-electron chi connectivity index (χ3n) is 7.49. The Hall–Kier alpha value is -2.17. The molecular weight excluding hydrogens is 348 g/mol. The van der Waals surface area contributed by atoms with Gasteiger partial charge in [0.25, 0.3) is 5.91 Å². The van der Waals surface area contributed by atoms with E-state index in [2.05, 4.69) is 15.0 Å². The van der Waals surface area contributed by atoms with E-state index in [1.54, 1.807) is 0 Å². The van der Waals surface area contributed by atoms with Gasteiger partial charge in [0.15, 0.2) is 0 Å². The van der Waals surface area contributed by atoms with Crippen molar-refractivity contribution in [3.05, 3.63) is 47.5 Å². The van der Waals surface area contributed by atoms with E-state index in [0.717, 1.165) is 57.1 Å². The first-order chi connectivity index (χ1) is 13.7. The molecular formula is C23H30N4O. The van der Waals surface area contributed by atoms with Gasteiger partial charge in [0.1, 0.15) is 11.6 Å². The Labute approximate surface area is 166 Å². The highest BCUT2D eigenvalue weighted by molar-refractivity contribution is 5.94. The molecule has 3 saturated carbocycles. The molecule has 3 aliphatic carbocycles. The average Bonchev–Trinajstić information content (AvgIpc) is 3.12. The van der Waals surface area contributed by atoms with Gasteiger partial charge in [0, 0.05) is 29.5 Å². The van der Waals surface area contributed by atoms with Crippen molar-refractivity contribution in [2.75, 3.05) is 0 Å². The van der Waals surface area contributed by atoms with E-state index in [1.165, 1.54) is 37.3 Å². The van der Waals surface area contributed by atoms with Crippen molar-refractivity contribution in [1.82, 2.24) is 20.1 Å². The van der Waals surface area contributed by atoms with Crippen molar-refractivity contribution in [3.63, 3.8) is 0 Å². The number of carbonyl (C=O) groups is 1. The molecule has 6 rings (SSSR count). The maximum Gasteiger partial charge on any atom is 0.251 e. The predicted molar refractivity (Wildman–Crippen MR) is 108 cm³/mol. The first-order valence-corrected chi connectivity index (χ1v) is 11.0. The Balaban J connectivity index is 1.33. The van der Waals surface area contributed by atoms with Crippen LogP contribution in [-0.2, 0) is 18.4 Å². The summed E-state index contributed by atoms with van der Waals surface area (Å²) in [6.45, 7) is 1.08. The summed E-state index contributed by atoms with van der Waals surface area (Å²) in [5, 5.41) is 12.7. The van der Waals surface area contributed by atoms with Crippen molar-refractivity contribution in [1.29, 1.82) is 0 Å². The Kier molecular flexibility index (Phi) is 4.48. The topological polar surface area (TPSA) is 59.8 Å². The molecule has 2 heterocycles. The van der Waals surface area contributed by atoms with Crippen LogP contribution in [0, 0.1) is 0 Å². The largest absolute Gasteiger partial charge is 0.347 e. The van der Waals surface area contributed by atoms with Crippen molar-refractivity contribution < 1.29 is 4.79 Å². The van der Waals surface area contributed by atoms with E-state index in [0.29, 0.717) is 0 Å². The Morgan fingerprint density at radius 1 is 0.893 bits per heavy atom. The van der Waals surface area contributed by atoms with E-state index in [-0.39, 0.29) is 16.9 Å². The maximum atomic E-state index is 12.7. The Morgan fingerprint density at radius 2 is 1.61 bits per heavy atom. The van der Waals surface area contributed by atoms with Gasteiger partial charge in [0.2, 0.25) is 0 Å². The number of aromatic nitrogens is 3. The quantitative estimate of drug-likeness (QED) is 0.872. The fourth-order valence-corrected chi connectivity index (χ4v) is 5.67. The van der Waals surface area contributed by atoms with Gasteiger partial charge in [0.05, 0.1) is 0 Å². The average molecular weight is 379 g/mol. The molecule has 5 nitrogen and oxygen atoms in total. The second kappa shape index (κ2) is 7.02. The molecule has 28 heavy (non-hydrogen) atoms. The van der Waals surface area contributed by atoms with Crippen LogP contribution >= 0.6 is 0 Å². The lowest BCUT2D eigenvalue weighted by Gasteiger charge is -2.53. The predicted octanol–water partition coefficient (Wildman–Crippen LogP) is 4.17. The third kappa shape index (κ3) is 3.05. The fraction of sp³-hybridized carbons (Fsp3) is 0.609. The number of hydrogen-bond donors (Lipinski definition) is 1. The van der Waals surface area contributed by atoms with Crippen molar-refractivity contribution in [2.24, 2.45) is 0 Å². The molecule has 1 aliphatic heterocycles. The van der Waals surface area contributed by atoms with E-state index in [4.69, 9.17) is 5.10 Å². The number of amides is 1. The molecule has 0 saturated heterocycles. The zero-order valence-electron chi connectivity index (χ0n) is 16.6. The minimum atomic E-state index is -0.0339. The van der Waals surface area contributed by atoms with Crippen LogP contribution in [-0.4, -0.2) is 26.2 Å². The van der Waals surface area contributed by atoms with Crippen LogP contribution < -0.4 is 5.32 Å². The fourth-order valence-electron chi connectivity index (χ4n) is 5.67. The monoisotopic (exact) mass is 378 g/mol. The molecule has 0 unspecified atom stereocenters. The third-order valence-corrected chi connectivity index (χ3v) is 7.49. The van der Waals surface area contributed by atoms with Crippen LogP contribution in [0.2, 0.25) is 0 Å². The molecule has 3 fully saturated rings. The molecule has 1 aromatic heterocycles. The summed E-state index contributed by atoms with van der Waals surface area (Å²) in [6, 6.07) is 9.61. The van der Waals surface area contributed by atoms with E-state index in [1.807, 2.05) is 30.3 Å². The lowest BCUT2D eigenvalue weighted by atomic mass is 9.56. The number of hydrogen-bond acceptors (Lipinski definition) is 3. The van der Waals surface area contributed by atoms with Gasteiger partial charge in [-0.15, -0.1) is 10.2 Å². The number of benzene rings is 1. The molecule has 1 N–H and O–H groups in total. The smallest absolute Gasteiger partial charge is 0.251 e. The van der Waals surface area contributed by atoms with Crippen LogP contribution in [0.5, 0.6) is 0 Å². The number of nitrogens with zero attached hydrogens (tertiary/aromatic N) is 3. The molecule has 1 aromatic carbocycles. The van der Waals surface area contributed by atoms with E-state index < -0.39 is 0 Å². The molecule has 4 aliphatic rings. The van der Waals surface area contributed by atoms with Crippen LogP contribution in [0.1, 0.15) is 86.2 Å². The SMILES string of the molecule is O=C(NC12CCC(c3nnc4n3CCCCCC4)(CC1)CC2)c1ccccc1. The van der Waals surface area contributed by atoms with E-state index >= 15 is 0 Å². The minimum absolute atomic E-state index is 0.0339. The van der Waals surface area contributed by atoms with Crippen molar-refractivity contribution in [2.45, 2.75) is 88.1 Å². The van der Waals surface area contributed by atoms with Crippen LogP contribution in [0.4, 0.5) is 0 Å². The van der Waals surface area contributed by atoms with Gasteiger partial charge in [-0.2, -0.15) is 0 Å². The number of nitrogens with one attached hydrogen (secondary N) is 1. The Bertz CT molecular complexity index is 832. The summed E-state index contributed by atoms with van der Waals surface area (Å²) in [7, 11) is 0. The zero-order chi connectivity index (χ0) is 19.0. The number of rotatable bonds is 3. The number of carbonyl (C=O) groups excluding carboxylic acids is 1. The van der Waals surface area contributed by atoms with Crippen molar-refractivity contribution >= 4 is 5.91 Å². The summed E-state index contributed by atoms with van der Waals surface area (Å²) >= 11 is 0. The lowest BCUT2D eigenvalue weighted by Crippen LogP contribution is -2.58. The molecule has 0 atom stereocenters. The second-order valence-corrected chi connectivity index (χ2v) is 9.14. The highest BCUT2D eigenvalue weighted by Gasteiger charge is 2.52. The molecule has 2 aromatic rings. The summed E-state index contributed by atoms with van der Waals surface area (Å²) in [6.07, 6.45) is 12.7.